The summed E-state index contributed by atoms with van der Waals surface area (Å²) in [5.41, 5.74) is -3.67. The second kappa shape index (κ2) is 6.81. The molecule has 0 aliphatic rings. The smallest absolute Gasteiger partial charge is 0.338 e. The van der Waals surface area contributed by atoms with E-state index in [1.807, 2.05) is 0 Å². The lowest BCUT2D eigenvalue weighted by Crippen LogP contribution is -2.14. The number of hydrogen-bond donors (Lipinski definition) is 4. The van der Waals surface area contributed by atoms with Gasteiger partial charge in [0.15, 0.2) is 0 Å². The third-order valence-electron chi connectivity index (χ3n) is 3.37. The van der Waals surface area contributed by atoms with Gasteiger partial charge in [0.05, 0.1) is 42.3 Å². The lowest BCUT2D eigenvalue weighted by Gasteiger charge is -2.17. The molecular formula is C14H4Cl4O8. The van der Waals surface area contributed by atoms with Crippen LogP contribution in [0.15, 0.2) is 0 Å². The molecule has 0 aromatic heterocycles. The number of carbonyl (C=O) groups is 4. The Kier molecular flexibility index (Phi) is 5.25. The molecule has 0 saturated carbocycles. The molecule has 0 aliphatic carbocycles. The van der Waals surface area contributed by atoms with Crippen LogP contribution in [0.4, 0.5) is 0 Å². The van der Waals surface area contributed by atoms with E-state index in [-0.39, 0.29) is 0 Å². The Balaban J connectivity index is 3.43. The van der Waals surface area contributed by atoms with Crippen molar-refractivity contribution in [3.63, 3.8) is 0 Å². The van der Waals surface area contributed by atoms with Crippen molar-refractivity contribution in [2.24, 2.45) is 0 Å². The maximum Gasteiger partial charge on any atom is 0.338 e. The average molecular weight is 442 g/mol. The van der Waals surface area contributed by atoms with E-state index in [0.29, 0.717) is 0 Å². The van der Waals surface area contributed by atoms with Crippen LogP contribution in [-0.4, -0.2) is 44.3 Å². The van der Waals surface area contributed by atoms with Crippen LogP contribution >= 0.6 is 46.4 Å². The molecule has 136 valence electrons. The highest BCUT2D eigenvalue weighted by atomic mass is 35.5. The van der Waals surface area contributed by atoms with E-state index < -0.39 is 77.0 Å². The van der Waals surface area contributed by atoms with Crippen LogP contribution in [0.1, 0.15) is 41.4 Å². The zero-order chi connectivity index (χ0) is 20.1. The standard InChI is InChI=1S/C14H4Cl4O8/c15-7-1-2(8(16)6(14(25)26)5(7)13(23)24)4(12(21)22)10(18)9(17)3(1)11(19)20/h(H,19,20)(H,21,22)(H,23,24)(H,25,26). The van der Waals surface area contributed by atoms with Crippen LogP contribution in [0.5, 0.6) is 0 Å². The number of fused-ring (bicyclic) bond motifs is 1. The number of hydrogen-bond acceptors (Lipinski definition) is 4. The van der Waals surface area contributed by atoms with Gasteiger partial charge in [0.25, 0.3) is 0 Å². The Hall–Kier alpha value is -2.26. The number of benzene rings is 2. The lowest BCUT2D eigenvalue weighted by atomic mass is 9.93. The SMILES string of the molecule is O=C(O)c1c(C(=O)O)c(Cl)c2c(C(=O)O)c(Cl)c(Cl)c(C(=O)O)c2c1Cl. The summed E-state index contributed by atoms with van der Waals surface area (Å²) in [5.74, 6) is -7.07. The van der Waals surface area contributed by atoms with E-state index in [1.54, 1.807) is 0 Å². The predicted molar refractivity (Wildman–Crippen MR) is 91.8 cm³/mol. The molecule has 0 atom stereocenters. The van der Waals surface area contributed by atoms with Crippen molar-refractivity contribution in [1.82, 2.24) is 0 Å². The van der Waals surface area contributed by atoms with Gasteiger partial charge in [-0.25, -0.2) is 19.2 Å². The van der Waals surface area contributed by atoms with Crippen molar-refractivity contribution in [2.75, 3.05) is 0 Å². The van der Waals surface area contributed by atoms with Crippen LogP contribution in [-0.2, 0) is 0 Å². The molecule has 0 heterocycles. The van der Waals surface area contributed by atoms with Crippen LogP contribution in [0.25, 0.3) is 10.8 Å². The zero-order valence-electron chi connectivity index (χ0n) is 11.9. The maximum absolute atomic E-state index is 11.6. The molecule has 12 heteroatoms. The fourth-order valence-electron chi connectivity index (χ4n) is 2.40. The molecule has 0 fully saturated rings. The first-order valence-electron chi connectivity index (χ1n) is 6.22. The number of carboxylic acid groups (broad SMARTS) is 4. The van der Waals surface area contributed by atoms with Gasteiger partial charge in [-0.2, -0.15) is 0 Å². The molecule has 0 radical (unpaired) electrons. The molecular weight excluding hydrogens is 438 g/mol. The number of aromatic carboxylic acids is 4. The third-order valence-corrected chi connectivity index (χ3v) is 4.97. The summed E-state index contributed by atoms with van der Waals surface area (Å²) < 4.78 is 0. The molecule has 2 rings (SSSR count). The molecule has 0 aliphatic heterocycles. The molecule has 0 amide bonds. The summed E-state index contributed by atoms with van der Waals surface area (Å²) in [6.07, 6.45) is 0. The van der Waals surface area contributed by atoms with Gasteiger partial charge in [-0.1, -0.05) is 46.4 Å². The van der Waals surface area contributed by atoms with Gasteiger partial charge in [-0.3, -0.25) is 0 Å². The third kappa shape index (κ3) is 2.80. The summed E-state index contributed by atoms with van der Waals surface area (Å²) >= 11 is 23.6. The van der Waals surface area contributed by atoms with Crippen molar-refractivity contribution in [3.8, 4) is 0 Å². The Morgan fingerprint density at radius 3 is 0.885 bits per heavy atom. The maximum atomic E-state index is 11.6. The summed E-state index contributed by atoms with van der Waals surface area (Å²) in [5, 5.41) is 32.9. The van der Waals surface area contributed by atoms with E-state index in [1.165, 1.54) is 0 Å². The average Bonchev–Trinajstić information content (AvgIpc) is 2.50. The summed E-state index contributed by atoms with van der Waals surface area (Å²) in [6, 6.07) is 0. The Labute approximate surface area is 163 Å². The van der Waals surface area contributed by atoms with Crippen molar-refractivity contribution in [3.05, 3.63) is 42.3 Å². The topological polar surface area (TPSA) is 149 Å². The molecule has 2 aromatic rings. The van der Waals surface area contributed by atoms with Crippen LogP contribution in [0, 0.1) is 0 Å². The minimum atomic E-state index is -1.82. The Bertz CT molecular complexity index is 961. The van der Waals surface area contributed by atoms with Gasteiger partial charge in [0.2, 0.25) is 0 Å². The highest BCUT2D eigenvalue weighted by molar-refractivity contribution is 6.52. The molecule has 8 nitrogen and oxygen atoms in total. The highest BCUT2D eigenvalue weighted by Gasteiger charge is 2.34. The largest absolute Gasteiger partial charge is 0.478 e. The molecule has 0 spiro atoms. The van der Waals surface area contributed by atoms with E-state index >= 15 is 0 Å². The van der Waals surface area contributed by atoms with Crippen LogP contribution in [0.3, 0.4) is 0 Å². The lowest BCUT2D eigenvalue weighted by molar-refractivity contribution is 0.0652. The second-order valence-corrected chi connectivity index (χ2v) is 6.24. The van der Waals surface area contributed by atoms with Gasteiger partial charge >= 0.3 is 23.9 Å². The van der Waals surface area contributed by atoms with Gasteiger partial charge in [-0.05, 0) is 0 Å². The quantitative estimate of drug-likeness (QED) is 0.549. The van der Waals surface area contributed by atoms with Crippen molar-refractivity contribution < 1.29 is 39.6 Å². The number of carboxylic acids is 4. The Morgan fingerprint density at radius 2 is 0.692 bits per heavy atom. The fraction of sp³-hybridized carbons (Fsp3) is 0. The minimum Gasteiger partial charge on any atom is -0.478 e. The van der Waals surface area contributed by atoms with Crippen molar-refractivity contribution >= 4 is 81.1 Å². The summed E-state index contributed by atoms with van der Waals surface area (Å²) in [7, 11) is 0. The zero-order valence-corrected chi connectivity index (χ0v) is 15.0. The second-order valence-electron chi connectivity index (χ2n) is 4.73. The van der Waals surface area contributed by atoms with Gasteiger partial charge in [0, 0.05) is 10.8 Å². The molecule has 0 saturated heterocycles. The summed E-state index contributed by atoms with van der Waals surface area (Å²) in [4.78, 5) is 46.1. The number of rotatable bonds is 4. The molecule has 26 heavy (non-hydrogen) atoms. The van der Waals surface area contributed by atoms with Crippen molar-refractivity contribution in [2.45, 2.75) is 0 Å². The molecule has 0 bridgehead atoms. The number of halogens is 4. The predicted octanol–water partition coefficient (Wildman–Crippen LogP) is 4.25. The van der Waals surface area contributed by atoms with E-state index in [4.69, 9.17) is 46.4 Å². The van der Waals surface area contributed by atoms with Crippen LogP contribution in [0.2, 0.25) is 20.1 Å². The fourth-order valence-corrected chi connectivity index (χ4v) is 3.67. The van der Waals surface area contributed by atoms with E-state index in [0.717, 1.165) is 0 Å². The molecule has 4 N–H and O–H groups in total. The van der Waals surface area contributed by atoms with Gasteiger partial charge < -0.3 is 20.4 Å². The molecule has 2 aromatic carbocycles. The first kappa shape index (κ1) is 20.1. The molecule has 0 unspecified atom stereocenters. The van der Waals surface area contributed by atoms with E-state index in [2.05, 4.69) is 0 Å². The van der Waals surface area contributed by atoms with Crippen molar-refractivity contribution in [1.29, 1.82) is 0 Å². The van der Waals surface area contributed by atoms with Crippen LogP contribution < -0.4 is 0 Å². The Morgan fingerprint density at radius 1 is 0.462 bits per heavy atom. The first-order chi connectivity index (χ1) is 11.9. The highest BCUT2D eigenvalue weighted by Crippen LogP contribution is 2.46. The van der Waals surface area contributed by atoms with E-state index in [9.17, 15) is 39.6 Å². The van der Waals surface area contributed by atoms with Gasteiger partial charge in [0.1, 0.15) is 0 Å². The monoisotopic (exact) mass is 440 g/mol. The van der Waals surface area contributed by atoms with Gasteiger partial charge in [-0.15, -0.1) is 0 Å². The minimum absolute atomic E-state index is 0.654. The first-order valence-corrected chi connectivity index (χ1v) is 7.73. The normalized spacial score (nSPS) is 10.8. The summed E-state index contributed by atoms with van der Waals surface area (Å²) in [6.45, 7) is 0.